The summed E-state index contributed by atoms with van der Waals surface area (Å²) in [6.45, 7) is 7.39. The summed E-state index contributed by atoms with van der Waals surface area (Å²) in [7, 11) is 0. The Balaban J connectivity index is 1.66. The monoisotopic (exact) mass is 536 g/mol. The summed E-state index contributed by atoms with van der Waals surface area (Å²) in [5.41, 5.74) is 1.50. The quantitative estimate of drug-likeness (QED) is 0.527. The Labute approximate surface area is 222 Å². The summed E-state index contributed by atoms with van der Waals surface area (Å²) in [6.07, 6.45) is 3.95. The molecule has 3 aliphatic rings. The zero-order valence-corrected chi connectivity index (χ0v) is 22.4. The molecule has 1 aromatic carbocycles. The molecule has 0 spiro atoms. The summed E-state index contributed by atoms with van der Waals surface area (Å²) in [6, 6.07) is 4.07. The molecule has 0 bridgehead atoms. The van der Waals surface area contributed by atoms with Crippen LogP contribution in [0.2, 0.25) is 10.0 Å². The summed E-state index contributed by atoms with van der Waals surface area (Å²) >= 11 is 12.8. The number of ether oxygens (including phenoxy) is 1. The first kappa shape index (κ1) is 26.8. The van der Waals surface area contributed by atoms with Crippen LogP contribution in [0, 0.1) is 5.92 Å². The van der Waals surface area contributed by atoms with Gasteiger partial charge in [-0.3, -0.25) is 14.6 Å². The van der Waals surface area contributed by atoms with Crippen LogP contribution in [0.15, 0.2) is 29.5 Å². The van der Waals surface area contributed by atoms with Gasteiger partial charge in [0.15, 0.2) is 0 Å². The second kappa shape index (κ2) is 11.8. The summed E-state index contributed by atoms with van der Waals surface area (Å²) in [4.78, 5) is 45.1. The first-order chi connectivity index (χ1) is 17.3. The van der Waals surface area contributed by atoms with E-state index in [-0.39, 0.29) is 29.5 Å². The second-order valence-electron chi connectivity index (χ2n) is 9.43. The van der Waals surface area contributed by atoms with Crippen molar-refractivity contribution in [3.63, 3.8) is 0 Å². The van der Waals surface area contributed by atoms with Gasteiger partial charge in [0, 0.05) is 50.9 Å². The van der Waals surface area contributed by atoms with E-state index in [4.69, 9.17) is 27.9 Å². The number of hydrogen-bond donors (Lipinski definition) is 1. The van der Waals surface area contributed by atoms with Gasteiger partial charge in [0.25, 0.3) is 0 Å². The van der Waals surface area contributed by atoms with Crippen molar-refractivity contribution in [2.45, 2.75) is 45.6 Å². The maximum atomic E-state index is 13.3. The van der Waals surface area contributed by atoms with Gasteiger partial charge < -0.3 is 15.0 Å². The Morgan fingerprint density at radius 3 is 2.53 bits per heavy atom. The highest BCUT2D eigenvalue weighted by molar-refractivity contribution is 6.42. The van der Waals surface area contributed by atoms with Crippen molar-refractivity contribution in [3.8, 4) is 0 Å². The number of esters is 1. The van der Waals surface area contributed by atoms with Crippen LogP contribution in [0.4, 0.5) is 4.79 Å². The molecule has 36 heavy (non-hydrogen) atoms. The molecule has 4 rings (SSSR count). The van der Waals surface area contributed by atoms with Crippen LogP contribution in [0.1, 0.15) is 51.1 Å². The predicted octanol–water partition coefficient (Wildman–Crippen LogP) is 4.23. The largest absolute Gasteiger partial charge is 0.463 e. The molecule has 196 valence electrons. The van der Waals surface area contributed by atoms with E-state index < -0.39 is 12.0 Å². The molecule has 0 unspecified atom stereocenters. The molecular formula is C26H34Cl2N4O4. The first-order valence-corrected chi connectivity index (χ1v) is 13.5. The van der Waals surface area contributed by atoms with Crippen LogP contribution < -0.4 is 5.32 Å². The van der Waals surface area contributed by atoms with E-state index in [2.05, 4.69) is 10.2 Å². The molecule has 10 heteroatoms. The van der Waals surface area contributed by atoms with Crippen molar-refractivity contribution in [2.75, 3.05) is 45.9 Å². The first-order valence-electron chi connectivity index (χ1n) is 12.8. The van der Waals surface area contributed by atoms with E-state index in [9.17, 15) is 14.4 Å². The minimum atomic E-state index is -0.788. The van der Waals surface area contributed by atoms with E-state index in [1.165, 1.54) is 0 Å². The number of likely N-dealkylation sites (N-methyl/N-ethyl adjacent to an activating group) is 1. The van der Waals surface area contributed by atoms with Crippen LogP contribution in [-0.4, -0.2) is 78.5 Å². The van der Waals surface area contributed by atoms with E-state index >= 15 is 0 Å². The van der Waals surface area contributed by atoms with Gasteiger partial charge in [-0.25, -0.2) is 9.59 Å². The lowest BCUT2D eigenvalue weighted by molar-refractivity contribution is -0.139. The van der Waals surface area contributed by atoms with E-state index in [0.717, 1.165) is 38.8 Å². The van der Waals surface area contributed by atoms with Crippen LogP contribution >= 0.6 is 23.2 Å². The lowest BCUT2D eigenvalue weighted by Gasteiger charge is -2.38. The Bertz CT molecular complexity index is 1040. The Kier molecular flexibility index (Phi) is 8.80. The highest BCUT2D eigenvalue weighted by atomic mass is 35.5. The van der Waals surface area contributed by atoms with E-state index in [0.29, 0.717) is 48.0 Å². The zero-order chi connectivity index (χ0) is 25.8. The zero-order valence-electron chi connectivity index (χ0n) is 20.9. The number of carbonyl (C=O) groups is 3. The fourth-order valence-corrected chi connectivity index (χ4v) is 5.53. The average molecular weight is 537 g/mol. The molecule has 1 N–H and O–H groups in total. The van der Waals surface area contributed by atoms with Crippen molar-refractivity contribution in [1.82, 2.24) is 20.0 Å². The van der Waals surface area contributed by atoms with Gasteiger partial charge in [-0.15, -0.1) is 0 Å². The summed E-state index contributed by atoms with van der Waals surface area (Å²) < 4.78 is 5.45. The van der Waals surface area contributed by atoms with Gasteiger partial charge in [-0.2, -0.15) is 0 Å². The van der Waals surface area contributed by atoms with Crippen molar-refractivity contribution < 1.29 is 19.1 Å². The molecule has 2 aliphatic heterocycles. The number of nitrogens with one attached hydrogen (secondary N) is 1. The van der Waals surface area contributed by atoms with Crippen LogP contribution in [0.25, 0.3) is 0 Å². The van der Waals surface area contributed by atoms with Crippen molar-refractivity contribution in [2.24, 2.45) is 5.92 Å². The standard InChI is InChI=1S/C26H34Cl2N4O4/c1-3-32-20(16-30-12-7-13-31(15-14-30)24(33)17-8-5-9-17)21(25(34)36-4-2)23(29-26(32)35)18-10-6-11-19(27)22(18)28/h6,10-11,17,23H,3-5,7-9,12-16H2,1-2H3,(H,29,35)/t23-/m1/s1. The molecule has 2 fully saturated rings. The van der Waals surface area contributed by atoms with Crippen molar-refractivity contribution >= 4 is 41.1 Å². The third kappa shape index (κ3) is 5.50. The number of carbonyl (C=O) groups excluding carboxylic acids is 3. The van der Waals surface area contributed by atoms with Crippen LogP contribution in [-0.2, 0) is 14.3 Å². The Morgan fingerprint density at radius 2 is 1.86 bits per heavy atom. The van der Waals surface area contributed by atoms with E-state index in [1.54, 1.807) is 30.0 Å². The fraction of sp³-hybridized carbons (Fsp3) is 0.577. The maximum Gasteiger partial charge on any atom is 0.338 e. The number of benzene rings is 1. The number of urea groups is 1. The van der Waals surface area contributed by atoms with Gasteiger partial charge in [0.1, 0.15) is 0 Å². The van der Waals surface area contributed by atoms with Gasteiger partial charge in [0.05, 0.1) is 28.3 Å². The molecule has 0 radical (unpaired) electrons. The molecule has 1 atom stereocenters. The van der Waals surface area contributed by atoms with Gasteiger partial charge in [-0.1, -0.05) is 41.8 Å². The lowest BCUT2D eigenvalue weighted by atomic mass is 9.84. The lowest BCUT2D eigenvalue weighted by Crippen LogP contribution is -2.51. The minimum absolute atomic E-state index is 0.176. The number of nitrogens with zero attached hydrogens (tertiary/aromatic N) is 3. The van der Waals surface area contributed by atoms with Crippen LogP contribution in [0.5, 0.6) is 0 Å². The third-order valence-corrected chi connectivity index (χ3v) is 8.10. The van der Waals surface area contributed by atoms with Crippen LogP contribution in [0.3, 0.4) is 0 Å². The summed E-state index contributed by atoms with van der Waals surface area (Å²) in [5.74, 6) is -0.0588. The molecule has 1 saturated heterocycles. The average Bonchev–Trinajstić information content (AvgIpc) is 3.05. The van der Waals surface area contributed by atoms with E-state index in [1.807, 2.05) is 11.8 Å². The minimum Gasteiger partial charge on any atom is -0.463 e. The number of amides is 3. The molecule has 1 aromatic rings. The fourth-order valence-electron chi connectivity index (χ4n) is 5.11. The topological polar surface area (TPSA) is 82.2 Å². The predicted molar refractivity (Wildman–Crippen MR) is 139 cm³/mol. The smallest absolute Gasteiger partial charge is 0.338 e. The molecule has 1 saturated carbocycles. The number of hydrogen-bond acceptors (Lipinski definition) is 5. The second-order valence-corrected chi connectivity index (χ2v) is 10.2. The molecule has 0 aromatic heterocycles. The maximum absolute atomic E-state index is 13.3. The van der Waals surface area contributed by atoms with Gasteiger partial charge in [0.2, 0.25) is 5.91 Å². The molecular weight excluding hydrogens is 503 g/mol. The highest BCUT2D eigenvalue weighted by Crippen LogP contribution is 2.38. The normalized spacial score (nSPS) is 21.7. The van der Waals surface area contributed by atoms with Gasteiger partial charge in [-0.05, 0) is 44.7 Å². The SMILES string of the molecule is CCOC(=O)C1=C(CN2CCCN(C(=O)C3CCC3)CC2)N(CC)C(=O)N[C@@H]1c1cccc(Cl)c1Cl. The molecule has 2 heterocycles. The molecule has 1 aliphatic carbocycles. The number of halogens is 2. The van der Waals surface area contributed by atoms with Gasteiger partial charge >= 0.3 is 12.0 Å². The third-order valence-electron chi connectivity index (χ3n) is 7.27. The summed E-state index contributed by atoms with van der Waals surface area (Å²) in [5, 5.41) is 3.56. The Morgan fingerprint density at radius 1 is 1.08 bits per heavy atom. The Hall–Kier alpha value is -2.29. The van der Waals surface area contributed by atoms with Crippen molar-refractivity contribution in [3.05, 3.63) is 45.1 Å². The molecule has 8 nitrogen and oxygen atoms in total. The number of rotatable bonds is 7. The highest BCUT2D eigenvalue weighted by Gasteiger charge is 2.39. The molecule has 3 amide bonds. The van der Waals surface area contributed by atoms with Crippen molar-refractivity contribution in [1.29, 1.82) is 0 Å².